The highest BCUT2D eigenvalue weighted by Crippen LogP contribution is 2.26. The van der Waals surface area contributed by atoms with E-state index in [1.165, 1.54) is 0 Å². The summed E-state index contributed by atoms with van der Waals surface area (Å²) in [5.41, 5.74) is 1.02. The molecule has 0 spiro atoms. The molecule has 16 heavy (non-hydrogen) atoms. The van der Waals surface area contributed by atoms with Gasteiger partial charge in [0, 0.05) is 16.8 Å². The molecule has 4 heteroatoms. The highest BCUT2D eigenvalue weighted by Gasteiger charge is 2.01. The predicted octanol–water partition coefficient (Wildman–Crippen LogP) is 3.73. The SMILES string of the molecule is Oc1ccc(SCc2cccnc2Cl)cc1. The number of halogens is 1. The van der Waals surface area contributed by atoms with Crippen LogP contribution >= 0.6 is 23.4 Å². The highest BCUT2D eigenvalue weighted by molar-refractivity contribution is 7.98. The molecule has 0 aliphatic heterocycles. The van der Waals surface area contributed by atoms with Crippen LogP contribution in [0.1, 0.15) is 5.56 Å². The van der Waals surface area contributed by atoms with Crippen LogP contribution in [0.5, 0.6) is 5.75 Å². The zero-order chi connectivity index (χ0) is 11.4. The monoisotopic (exact) mass is 251 g/mol. The van der Waals surface area contributed by atoms with Crippen molar-refractivity contribution in [1.29, 1.82) is 0 Å². The van der Waals surface area contributed by atoms with E-state index in [9.17, 15) is 0 Å². The van der Waals surface area contributed by atoms with Crippen molar-refractivity contribution in [2.45, 2.75) is 10.6 Å². The molecule has 0 atom stereocenters. The van der Waals surface area contributed by atoms with E-state index in [2.05, 4.69) is 4.98 Å². The fourth-order valence-electron chi connectivity index (χ4n) is 1.23. The third-order valence-electron chi connectivity index (χ3n) is 2.07. The van der Waals surface area contributed by atoms with E-state index in [1.54, 1.807) is 30.1 Å². The van der Waals surface area contributed by atoms with Crippen molar-refractivity contribution in [1.82, 2.24) is 4.98 Å². The fourth-order valence-corrected chi connectivity index (χ4v) is 2.38. The van der Waals surface area contributed by atoms with E-state index in [0.717, 1.165) is 16.2 Å². The molecule has 0 unspecified atom stereocenters. The summed E-state index contributed by atoms with van der Waals surface area (Å²) in [6.45, 7) is 0. The molecule has 1 heterocycles. The number of nitrogens with zero attached hydrogens (tertiary/aromatic N) is 1. The summed E-state index contributed by atoms with van der Waals surface area (Å²) in [4.78, 5) is 5.11. The number of aromatic hydroxyl groups is 1. The minimum atomic E-state index is 0.281. The Balaban J connectivity index is 2.02. The van der Waals surface area contributed by atoms with Crippen molar-refractivity contribution in [2.24, 2.45) is 0 Å². The van der Waals surface area contributed by atoms with Gasteiger partial charge >= 0.3 is 0 Å². The zero-order valence-corrected chi connectivity index (χ0v) is 10.0. The summed E-state index contributed by atoms with van der Waals surface area (Å²) < 4.78 is 0. The number of phenols is 1. The summed E-state index contributed by atoms with van der Waals surface area (Å²) in [7, 11) is 0. The molecule has 1 aromatic heterocycles. The van der Waals surface area contributed by atoms with E-state index < -0.39 is 0 Å². The van der Waals surface area contributed by atoms with E-state index >= 15 is 0 Å². The third kappa shape index (κ3) is 2.90. The van der Waals surface area contributed by atoms with Gasteiger partial charge in [0.25, 0.3) is 0 Å². The van der Waals surface area contributed by atoms with Gasteiger partial charge in [-0.05, 0) is 35.9 Å². The van der Waals surface area contributed by atoms with Gasteiger partial charge in [-0.2, -0.15) is 0 Å². The zero-order valence-electron chi connectivity index (χ0n) is 8.43. The van der Waals surface area contributed by atoms with Crippen molar-refractivity contribution < 1.29 is 5.11 Å². The van der Waals surface area contributed by atoms with Crippen LogP contribution in [0, 0.1) is 0 Å². The number of aromatic nitrogens is 1. The van der Waals surface area contributed by atoms with Crippen LogP contribution in [0.3, 0.4) is 0 Å². The fraction of sp³-hybridized carbons (Fsp3) is 0.0833. The molecule has 0 saturated heterocycles. The van der Waals surface area contributed by atoms with Gasteiger partial charge in [0.1, 0.15) is 10.9 Å². The van der Waals surface area contributed by atoms with Crippen LogP contribution < -0.4 is 0 Å². The maximum absolute atomic E-state index is 9.15. The lowest BCUT2D eigenvalue weighted by Crippen LogP contribution is -1.84. The van der Waals surface area contributed by atoms with Gasteiger partial charge in [-0.25, -0.2) is 4.98 Å². The average Bonchev–Trinajstić information content (AvgIpc) is 2.30. The Morgan fingerprint density at radius 1 is 1.19 bits per heavy atom. The second-order valence-corrected chi connectivity index (χ2v) is 4.64. The first-order valence-electron chi connectivity index (χ1n) is 4.77. The molecular weight excluding hydrogens is 242 g/mol. The van der Waals surface area contributed by atoms with Gasteiger partial charge in [0.2, 0.25) is 0 Å². The Morgan fingerprint density at radius 3 is 2.62 bits per heavy atom. The molecule has 1 aromatic carbocycles. The Bertz CT molecular complexity index is 473. The van der Waals surface area contributed by atoms with Gasteiger partial charge in [0.15, 0.2) is 0 Å². The smallest absolute Gasteiger partial charge is 0.133 e. The molecule has 0 aliphatic rings. The average molecular weight is 252 g/mol. The predicted molar refractivity (Wildman–Crippen MR) is 66.9 cm³/mol. The Morgan fingerprint density at radius 2 is 1.94 bits per heavy atom. The van der Waals surface area contributed by atoms with Crippen LogP contribution in [0.15, 0.2) is 47.5 Å². The molecular formula is C12H10ClNOS. The summed E-state index contributed by atoms with van der Waals surface area (Å²) >= 11 is 7.61. The number of benzene rings is 1. The topological polar surface area (TPSA) is 33.1 Å². The molecule has 0 fully saturated rings. The standard InChI is InChI=1S/C12H10ClNOS/c13-12-9(2-1-7-14-12)8-16-11-5-3-10(15)4-6-11/h1-7,15H,8H2. The third-order valence-corrected chi connectivity index (χ3v) is 3.47. The van der Waals surface area contributed by atoms with E-state index in [4.69, 9.17) is 16.7 Å². The maximum Gasteiger partial charge on any atom is 0.133 e. The van der Waals surface area contributed by atoms with Crippen molar-refractivity contribution in [2.75, 3.05) is 0 Å². The molecule has 2 aromatic rings. The second-order valence-electron chi connectivity index (χ2n) is 3.24. The number of pyridine rings is 1. The Hall–Kier alpha value is -1.19. The minimum Gasteiger partial charge on any atom is -0.508 e. The Kier molecular flexibility index (Phi) is 3.70. The van der Waals surface area contributed by atoms with Crippen LogP contribution in [0.4, 0.5) is 0 Å². The molecule has 0 aliphatic carbocycles. The quantitative estimate of drug-likeness (QED) is 0.667. The summed E-state index contributed by atoms with van der Waals surface area (Å²) in [6.07, 6.45) is 1.68. The van der Waals surface area contributed by atoms with Crippen molar-refractivity contribution in [3.63, 3.8) is 0 Å². The molecule has 0 amide bonds. The second kappa shape index (κ2) is 5.23. The van der Waals surface area contributed by atoms with E-state index in [0.29, 0.717) is 5.15 Å². The first-order valence-corrected chi connectivity index (χ1v) is 6.13. The van der Waals surface area contributed by atoms with E-state index in [-0.39, 0.29) is 5.75 Å². The lowest BCUT2D eigenvalue weighted by Gasteiger charge is -2.03. The van der Waals surface area contributed by atoms with Crippen molar-refractivity contribution >= 4 is 23.4 Å². The lowest BCUT2D eigenvalue weighted by atomic mass is 10.3. The van der Waals surface area contributed by atoms with Crippen LogP contribution in [0.2, 0.25) is 5.15 Å². The molecule has 2 nitrogen and oxygen atoms in total. The number of thioether (sulfide) groups is 1. The molecule has 0 radical (unpaired) electrons. The first kappa shape index (κ1) is 11.3. The number of rotatable bonds is 3. The lowest BCUT2D eigenvalue weighted by molar-refractivity contribution is 0.475. The van der Waals surface area contributed by atoms with Crippen molar-refractivity contribution in [3.05, 3.63) is 53.3 Å². The normalized spacial score (nSPS) is 10.3. The molecule has 0 saturated carbocycles. The van der Waals surface area contributed by atoms with Crippen LogP contribution in [0.25, 0.3) is 0 Å². The molecule has 1 N–H and O–H groups in total. The van der Waals surface area contributed by atoms with Gasteiger partial charge in [-0.1, -0.05) is 17.7 Å². The molecule has 0 bridgehead atoms. The van der Waals surface area contributed by atoms with Gasteiger partial charge in [-0.3, -0.25) is 0 Å². The van der Waals surface area contributed by atoms with Crippen molar-refractivity contribution in [3.8, 4) is 5.75 Å². The number of hydrogen-bond donors (Lipinski definition) is 1. The first-order chi connectivity index (χ1) is 7.75. The van der Waals surface area contributed by atoms with Crippen LogP contribution in [-0.2, 0) is 5.75 Å². The molecule has 2 rings (SSSR count). The Labute approximate surface area is 103 Å². The van der Waals surface area contributed by atoms with Crippen LogP contribution in [-0.4, -0.2) is 10.1 Å². The largest absolute Gasteiger partial charge is 0.508 e. The minimum absolute atomic E-state index is 0.281. The molecule has 82 valence electrons. The van der Waals surface area contributed by atoms with Gasteiger partial charge in [0.05, 0.1) is 0 Å². The van der Waals surface area contributed by atoms with Gasteiger partial charge in [-0.15, -0.1) is 11.8 Å². The van der Waals surface area contributed by atoms with Gasteiger partial charge < -0.3 is 5.11 Å². The highest BCUT2D eigenvalue weighted by atomic mass is 35.5. The van der Waals surface area contributed by atoms with E-state index in [1.807, 2.05) is 24.3 Å². The maximum atomic E-state index is 9.15. The summed E-state index contributed by atoms with van der Waals surface area (Å²) in [6, 6.07) is 10.9. The summed E-state index contributed by atoms with van der Waals surface area (Å²) in [5.74, 6) is 1.06. The summed E-state index contributed by atoms with van der Waals surface area (Å²) in [5, 5.41) is 9.70. The number of hydrogen-bond acceptors (Lipinski definition) is 3. The number of phenolic OH excluding ortho intramolecular Hbond substituents is 1.